The van der Waals surface area contributed by atoms with Gasteiger partial charge >= 0.3 is 0 Å². The molecule has 0 aliphatic carbocycles. The first kappa shape index (κ1) is 19.4. The second-order valence-corrected chi connectivity index (χ2v) is 7.11. The number of benzene rings is 2. The standard InChI is InChI=1S/C24H22N4O2/c1-17-9-8-10-18(15-17)16-25-23(29)21-20-13-6-7-14-28(20)22(26-21)24(30)27(2)19-11-4-3-5-12-19/h3-15H,16H2,1-2H3,(H,25,29). The van der Waals surface area contributed by atoms with Crippen LogP contribution in [-0.4, -0.2) is 28.2 Å². The molecular weight excluding hydrogens is 376 g/mol. The van der Waals surface area contributed by atoms with Crippen LogP contribution in [0.1, 0.15) is 32.2 Å². The zero-order chi connectivity index (χ0) is 21.1. The molecule has 4 aromatic rings. The number of amides is 2. The molecule has 0 aliphatic heterocycles. The molecule has 0 atom stereocenters. The second kappa shape index (κ2) is 8.21. The molecule has 6 nitrogen and oxygen atoms in total. The number of fused-ring (bicyclic) bond motifs is 1. The van der Waals surface area contributed by atoms with Crippen molar-refractivity contribution in [2.45, 2.75) is 13.5 Å². The minimum absolute atomic E-state index is 0.192. The van der Waals surface area contributed by atoms with Crippen LogP contribution in [0, 0.1) is 6.92 Å². The average Bonchev–Trinajstić information content (AvgIpc) is 3.17. The van der Waals surface area contributed by atoms with Crippen LogP contribution in [-0.2, 0) is 6.54 Å². The number of hydrogen-bond acceptors (Lipinski definition) is 3. The van der Waals surface area contributed by atoms with E-state index in [0.29, 0.717) is 12.1 Å². The van der Waals surface area contributed by atoms with Crippen molar-refractivity contribution in [1.82, 2.24) is 14.7 Å². The van der Waals surface area contributed by atoms with Gasteiger partial charge in [0.05, 0.1) is 5.52 Å². The molecule has 0 saturated heterocycles. The van der Waals surface area contributed by atoms with Gasteiger partial charge in [-0.2, -0.15) is 0 Å². The van der Waals surface area contributed by atoms with Crippen LogP contribution < -0.4 is 10.2 Å². The third kappa shape index (κ3) is 3.80. The summed E-state index contributed by atoms with van der Waals surface area (Å²) in [6, 6.07) is 22.7. The molecule has 0 saturated carbocycles. The zero-order valence-electron chi connectivity index (χ0n) is 16.9. The Morgan fingerprint density at radius 1 is 1.00 bits per heavy atom. The summed E-state index contributed by atoms with van der Waals surface area (Å²) in [5, 5.41) is 2.91. The fourth-order valence-electron chi connectivity index (χ4n) is 3.36. The number of carbonyl (C=O) groups excluding carboxylic acids is 2. The van der Waals surface area contributed by atoms with Crippen LogP contribution in [0.3, 0.4) is 0 Å². The highest BCUT2D eigenvalue weighted by molar-refractivity contribution is 6.07. The lowest BCUT2D eigenvalue weighted by atomic mass is 10.1. The number of nitrogens with zero attached hydrogens (tertiary/aromatic N) is 3. The van der Waals surface area contributed by atoms with E-state index in [2.05, 4.69) is 10.3 Å². The Hall–Kier alpha value is -3.93. The van der Waals surface area contributed by atoms with E-state index in [1.165, 1.54) is 4.90 Å². The summed E-state index contributed by atoms with van der Waals surface area (Å²) in [7, 11) is 1.69. The van der Waals surface area contributed by atoms with Crippen LogP contribution in [0.4, 0.5) is 5.69 Å². The van der Waals surface area contributed by atoms with E-state index in [1.54, 1.807) is 23.7 Å². The average molecular weight is 398 g/mol. The van der Waals surface area contributed by atoms with Crippen LogP contribution in [0.5, 0.6) is 0 Å². The lowest BCUT2D eigenvalue weighted by molar-refractivity contribution is 0.0948. The Balaban J connectivity index is 1.63. The first-order chi connectivity index (χ1) is 14.5. The van der Waals surface area contributed by atoms with Gasteiger partial charge in [0.2, 0.25) is 5.82 Å². The van der Waals surface area contributed by atoms with Gasteiger partial charge in [-0.25, -0.2) is 4.98 Å². The van der Waals surface area contributed by atoms with E-state index in [-0.39, 0.29) is 23.3 Å². The van der Waals surface area contributed by atoms with Crippen molar-refractivity contribution in [2.75, 3.05) is 11.9 Å². The highest BCUT2D eigenvalue weighted by atomic mass is 16.2. The predicted molar refractivity (Wildman–Crippen MR) is 117 cm³/mol. The van der Waals surface area contributed by atoms with E-state index in [4.69, 9.17) is 0 Å². The topological polar surface area (TPSA) is 66.7 Å². The van der Waals surface area contributed by atoms with Gasteiger partial charge in [-0.05, 0) is 36.8 Å². The number of carbonyl (C=O) groups is 2. The van der Waals surface area contributed by atoms with Crippen LogP contribution in [0.25, 0.3) is 5.52 Å². The van der Waals surface area contributed by atoms with Crippen LogP contribution >= 0.6 is 0 Å². The van der Waals surface area contributed by atoms with Crippen molar-refractivity contribution in [3.05, 3.63) is 102 Å². The summed E-state index contributed by atoms with van der Waals surface area (Å²) in [6.45, 7) is 2.40. The van der Waals surface area contributed by atoms with Gasteiger partial charge in [-0.1, -0.05) is 54.1 Å². The van der Waals surface area contributed by atoms with Gasteiger partial charge < -0.3 is 10.2 Å². The maximum Gasteiger partial charge on any atom is 0.294 e. The Kier molecular flexibility index (Phi) is 5.30. The molecule has 0 spiro atoms. The SMILES string of the molecule is Cc1cccc(CNC(=O)c2nc(C(=O)N(C)c3ccccc3)n3ccccc23)c1. The summed E-state index contributed by atoms with van der Waals surface area (Å²) in [5.74, 6) is -0.417. The Morgan fingerprint density at radius 3 is 2.53 bits per heavy atom. The number of rotatable bonds is 5. The summed E-state index contributed by atoms with van der Waals surface area (Å²) in [4.78, 5) is 32.0. The first-order valence-corrected chi connectivity index (χ1v) is 9.68. The number of aryl methyl sites for hydroxylation is 1. The monoisotopic (exact) mass is 398 g/mol. The minimum atomic E-state index is -0.318. The number of anilines is 1. The maximum atomic E-state index is 13.1. The summed E-state index contributed by atoms with van der Waals surface area (Å²) in [6.07, 6.45) is 1.74. The number of nitrogens with one attached hydrogen (secondary N) is 1. The molecule has 30 heavy (non-hydrogen) atoms. The quantitative estimate of drug-likeness (QED) is 0.555. The van der Waals surface area contributed by atoms with E-state index in [9.17, 15) is 9.59 Å². The Bertz CT molecular complexity index is 1210. The van der Waals surface area contributed by atoms with Crippen LogP contribution in [0.2, 0.25) is 0 Å². The lowest BCUT2D eigenvalue weighted by Crippen LogP contribution is -2.28. The smallest absolute Gasteiger partial charge is 0.294 e. The summed E-state index contributed by atoms with van der Waals surface area (Å²) < 4.78 is 1.66. The molecule has 0 aliphatic rings. The van der Waals surface area contributed by atoms with Gasteiger partial charge in [0.15, 0.2) is 5.69 Å². The number of pyridine rings is 1. The van der Waals surface area contributed by atoms with Gasteiger partial charge in [0.1, 0.15) is 0 Å². The van der Waals surface area contributed by atoms with Crippen molar-refractivity contribution in [1.29, 1.82) is 0 Å². The number of hydrogen-bond donors (Lipinski definition) is 1. The van der Waals surface area contributed by atoms with Crippen molar-refractivity contribution in [3.63, 3.8) is 0 Å². The first-order valence-electron chi connectivity index (χ1n) is 9.68. The van der Waals surface area contributed by atoms with E-state index in [0.717, 1.165) is 16.8 Å². The van der Waals surface area contributed by atoms with Crippen molar-refractivity contribution < 1.29 is 9.59 Å². The van der Waals surface area contributed by atoms with Gasteiger partial charge in [-0.3, -0.25) is 14.0 Å². The van der Waals surface area contributed by atoms with Gasteiger partial charge in [0, 0.05) is 25.5 Å². The summed E-state index contributed by atoms with van der Waals surface area (Å²) in [5.41, 5.74) is 3.70. The molecule has 4 rings (SSSR count). The lowest BCUT2D eigenvalue weighted by Gasteiger charge is -2.16. The largest absolute Gasteiger partial charge is 0.347 e. The second-order valence-electron chi connectivity index (χ2n) is 7.11. The molecule has 2 aromatic heterocycles. The highest BCUT2D eigenvalue weighted by Gasteiger charge is 2.24. The molecule has 2 heterocycles. The molecule has 2 amide bonds. The number of aromatic nitrogens is 2. The predicted octanol–water partition coefficient (Wildman–Crippen LogP) is 3.85. The molecular formula is C24H22N4O2. The molecule has 0 bridgehead atoms. The zero-order valence-corrected chi connectivity index (χ0v) is 16.9. The van der Waals surface area contributed by atoms with Crippen molar-refractivity contribution in [2.24, 2.45) is 0 Å². The number of para-hydroxylation sites is 1. The Morgan fingerprint density at radius 2 is 1.77 bits per heavy atom. The summed E-state index contributed by atoms with van der Waals surface area (Å²) >= 11 is 0. The minimum Gasteiger partial charge on any atom is -0.347 e. The molecule has 0 radical (unpaired) electrons. The fourth-order valence-corrected chi connectivity index (χ4v) is 3.36. The van der Waals surface area contributed by atoms with Crippen molar-refractivity contribution >= 4 is 23.0 Å². The Labute approximate surface area is 174 Å². The van der Waals surface area contributed by atoms with Crippen molar-refractivity contribution in [3.8, 4) is 0 Å². The third-order valence-corrected chi connectivity index (χ3v) is 4.94. The molecule has 150 valence electrons. The number of imidazole rings is 1. The third-order valence-electron chi connectivity index (χ3n) is 4.94. The fraction of sp³-hybridized carbons (Fsp3) is 0.125. The van der Waals surface area contributed by atoms with Gasteiger partial charge in [-0.15, -0.1) is 0 Å². The molecule has 0 unspecified atom stereocenters. The maximum absolute atomic E-state index is 13.1. The van der Waals surface area contributed by atoms with Crippen LogP contribution in [0.15, 0.2) is 79.0 Å². The highest BCUT2D eigenvalue weighted by Crippen LogP contribution is 2.18. The molecule has 6 heteroatoms. The van der Waals surface area contributed by atoms with E-state index < -0.39 is 0 Å². The molecule has 2 aromatic carbocycles. The molecule has 1 N–H and O–H groups in total. The molecule has 0 fully saturated rings. The van der Waals surface area contributed by atoms with E-state index in [1.807, 2.05) is 73.7 Å². The van der Waals surface area contributed by atoms with E-state index >= 15 is 0 Å². The normalized spacial score (nSPS) is 10.7. The van der Waals surface area contributed by atoms with Gasteiger partial charge in [0.25, 0.3) is 11.8 Å².